The molecule has 0 fully saturated rings. The van der Waals surface area contributed by atoms with Gasteiger partial charge in [-0.15, -0.1) is 0 Å². The van der Waals surface area contributed by atoms with E-state index >= 15 is 0 Å². The fourth-order valence-corrected chi connectivity index (χ4v) is 1.15. The van der Waals surface area contributed by atoms with Gasteiger partial charge in [-0.1, -0.05) is 0 Å². The molecule has 0 aliphatic heterocycles. The Morgan fingerprint density at radius 2 is 1.31 bits per heavy atom. The molecule has 2 aromatic heterocycles. The molecule has 2 aromatic rings. The van der Waals surface area contributed by atoms with Crippen LogP contribution in [-0.2, 0) is 0 Å². The molecule has 2 rings (SSSR count). The van der Waals surface area contributed by atoms with Gasteiger partial charge in [0.2, 0.25) is 11.6 Å². The van der Waals surface area contributed by atoms with E-state index in [9.17, 15) is 9.59 Å². The van der Waals surface area contributed by atoms with Crippen LogP contribution in [0.1, 0.15) is 21.1 Å². The minimum absolute atomic E-state index is 0.198. The Morgan fingerprint density at radius 1 is 0.875 bits per heavy atom. The first-order valence-corrected chi connectivity index (χ1v) is 4.61. The SMILES string of the molecule is O=C(/C=C/C(=O)c1ccco1)c1ccco1. The maximum atomic E-state index is 11.4. The van der Waals surface area contributed by atoms with Crippen LogP contribution >= 0.6 is 0 Å². The van der Waals surface area contributed by atoms with Gasteiger partial charge in [-0.25, -0.2) is 0 Å². The van der Waals surface area contributed by atoms with Crippen LogP contribution in [0.3, 0.4) is 0 Å². The van der Waals surface area contributed by atoms with E-state index in [1.54, 1.807) is 12.1 Å². The van der Waals surface area contributed by atoms with Crippen molar-refractivity contribution in [3.8, 4) is 0 Å². The first-order valence-electron chi connectivity index (χ1n) is 4.61. The molecule has 2 heterocycles. The highest BCUT2D eigenvalue weighted by Crippen LogP contribution is 2.05. The van der Waals surface area contributed by atoms with Gasteiger partial charge in [-0.05, 0) is 36.4 Å². The van der Waals surface area contributed by atoms with Crippen molar-refractivity contribution in [2.24, 2.45) is 0 Å². The van der Waals surface area contributed by atoms with Crippen molar-refractivity contribution in [3.63, 3.8) is 0 Å². The summed E-state index contributed by atoms with van der Waals surface area (Å²) in [5.74, 6) is -0.318. The summed E-state index contributed by atoms with van der Waals surface area (Å²) >= 11 is 0. The second-order valence-corrected chi connectivity index (χ2v) is 3.02. The molecule has 0 bridgehead atoms. The maximum absolute atomic E-state index is 11.4. The van der Waals surface area contributed by atoms with Crippen molar-refractivity contribution >= 4 is 11.6 Å². The van der Waals surface area contributed by atoms with E-state index in [0.717, 1.165) is 12.2 Å². The Morgan fingerprint density at radius 3 is 1.62 bits per heavy atom. The fraction of sp³-hybridized carbons (Fsp3) is 0. The zero-order valence-electron chi connectivity index (χ0n) is 8.25. The van der Waals surface area contributed by atoms with E-state index in [0.29, 0.717) is 0 Å². The van der Waals surface area contributed by atoms with E-state index in [1.807, 2.05) is 0 Å². The average Bonchev–Trinajstić information content (AvgIpc) is 2.95. The van der Waals surface area contributed by atoms with Crippen molar-refractivity contribution in [2.45, 2.75) is 0 Å². The van der Waals surface area contributed by atoms with Crippen molar-refractivity contribution < 1.29 is 18.4 Å². The summed E-state index contributed by atoms with van der Waals surface area (Å²) in [6, 6.07) is 6.28. The Bertz CT molecular complexity index is 455. The lowest BCUT2D eigenvalue weighted by Gasteiger charge is -1.88. The van der Waals surface area contributed by atoms with Crippen molar-refractivity contribution in [3.05, 3.63) is 60.5 Å². The molecule has 0 atom stereocenters. The number of hydrogen-bond donors (Lipinski definition) is 0. The van der Waals surface area contributed by atoms with Crippen molar-refractivity contribution in [2.75, 3.05) is 0 Å². The van der Waals surface area contributed by atoms with Gasteiger partial charge in [0.05, 0.1) is 12.5 Å². The van der Waals surface area contributed by atoms with E-state index in [2.05, 4.69) is 0 Å². The molecule has 0 unspecified atom stereocenters. The summed E-state index contributed by atoms with van der Waals surface area (Å²) < 4.78 is 9.77. The molecule has 4 nitrogen and oxygen atoms in total. The number of furan rings is 2. The highest BCUT2D eigenvalue weighted by Gasteiger charge is 2.07. The second kappa shape index (κ2) is 4.44. The molecule has 0 aliphatic carbocycles. The zero-order valence-corrected chi connectivity index (χ0v) is 8.25. The van der Waals surface area contributed by atoms with Crippen LogP contribution in [0, 0.1) is 0 Å². The molecule has 0 amide bonds. The molecule has 0 N–H and O–H groups in total. The highest BCUT2D eigenvalue weighted by molar-refractivity contribution is 6.09. The van der Waals surface area contributed by atoms with Crippen LogP contribution in [0.2, 0.25) is 0 Å². The van der Waals surface area contributed by atoms with E-state index in [1.165, 1.54) is 24.7 Å². The zero-order chi connectivity index (χ0) is 11.4. The van der Waals surface area contributed by atoms with Gasteiger partial charge in [-0.2, -0.15) is 0 Å². The number of ketones is 2. The van der Waals surface area contributed by atoms with E-state index < -0.39 is 0 Å². The summed E-state index contributed by atoms with van der Waals surface area (Å²) in [6.07, 6.45) is 5.11. The smallest absolute Gasteiger partial charge is 0.221 e. The minimum Gasteiger partial charge on any atom is -0.461 e. The Balaban J connectivity index is 2.05. The van der Waals surface area contributed by atoms with Gasteiger partial charge in [0, 0.05) is 0 Å². The monoisotopic (exact) mass is 216 g/mol. The fourth-order valence-electron chi connectivity index (χ4n) is 1.15. The largest absolute Gasteiger partial charge is 0.461 e. The van der Waals surface area contributed by atoms with Crippen LogP contribution in [0.4, 0.5) is 0 Å². The standard InChI is InChI=1S/C12H8O4/c13-9(11-3-1-7-15-11)5-6-10(14)12-4-2-8-16-12/h1-8H/b6-5+. The quantitative estimate of drug-likeness (QED) is 0.581. The first-order chi connectivity index (χ1) is 7.77. The molecule has 0 radical (unpaired) electrons. The normalized spacial score (nSPS) is 10.8. The molecular formula is C12H8O4. The molecule has 0 aliphatic rings. The second-order valence-electron chi connectivity index (χ2n) is 3.02. The number of rotatable bonds is 4. The van der Waals surface area contributed by atoms with Crippen LogP contribution in [0.5, 0.6) is 0 Å². The minimum atomic E-state index is -0.357. The van der Waals surface area contributed by atoms with Gasteiger partial charge in [0.25, 0.3) is 0 Å². The lowest BCUT2D eigenvalue weighted by Crippen LogP contribution is -1.95. The van der Waals surface area contributed by atoms with Gasteiger partial charge in [0.1, 0.15) is 0 Å². The first kappa shape index (κ1) is 10.2. The third-order valence-corrected chi connectivity index (χ3v) is 1.91. The summed E-state index contributed by atoms with van der Waals surface area (Å²) in [7, 11) is 0. The maximum Gasteiger partial charge on any atom is 0.221 e. The Labute approximate surface area is 91.2 Å². The lowest BCUT2D eigenvalue weighted by molar-refractivity contribution is 0.0993. The molecule has 0 saturated carbocycles. The molecule has 0 spiro atoms. The van der Waals surface area contributed by atoms with Gasteiger partial charge >= 0.3 is 0 Å². The number of carbonyl (C=O) groups is 2. The Hall–Kier alpha value is -2.36. The van der Waals surface area contributed by atoms with Crippen molar-refractivity contribution in [1.82, 2.24) is 0 Å². The lowest BCUT2D eigenvalue weighted by atomic mass is 10.2. The van der Waals surface area contributed by atoms with Crippen LogP contribution in [0.15, 0.2) is 57.8 Å². The van der Waals surface area contributed by atoms with Crippen LogP contribution < -0.4 is 0 Å². The Kier molecular flexibility index (Phi) is 2.82. The number of hydrogen-bond acceptors (Lipinski definition) is 4. The molecule has 4 heteroatoms. The summed E-state index contributed by atoms with van der Waals surface area (Å²) in [5, 5.41) is 0. The average molecular weight is 216 g/mol. The summed E-state index contributed by atoms with van der Waals surface area (Å²) in [4.78, 5) is 22.8. The highest BCUT2D eigenvalue weighted by atomic mass is 16.3. The predicted molar refractivity (Wildman–Crippen MR) is 55.2 cm³/mol. The molecule has 16 heavy (non-hydrogen) atoms. The molecule has 0 saturated heterocycles. The third-order valence-electron chi connectivity index (χ3n) is 1.91. The molecule has 0 aromatic carbocycles. The summed E-state index contributed by atoms with van der Waals surface area (Å²) in [5.41, 5.74) is 0. The van der Waals surface area contributed by atoms with Crippen molar-refractivity contribution in [1.29, 1.82) is 0 Å². The topological polar surface area (TPSA) is 60.4 Å². The number of carbonyl (C=O) groups excluding carboxylic acids is 2. The molecular weight excluding hydrogens is 208 g/mol. The van der Waals surface area contributed by atoms with Gasteiger partial charge in [0.15, 0.2) is 11.5 Å². The van der Waals surface area contributed by atoms with Gasteiger partial charge < -0.3 is 8.83 Å². The summed E-state index contributed by atoms with van der Waals surface area (Å²) in [6.45, 7) is 0. The van der Waals surface area contributed by atoms with E-state index in [4.69, 9.17) is 8.83 Å². The molecule has 80 valence electrons. The predicted octanol–water partition coefficient (Wildman–Crippen LogP) is 2.49. The van der Waals surface area contributed by atoms with Crippen LogP contribution in [-0.4, -0.2) is 11.6 Å². The third kappa shape index (κ3) is 2.17. The van der Waals surface area contributed by atoms with Crippen LogP contribution in [0.25, 0.3) is 0 Å². The van der Waals surface area contributed by atoms with Gasteiger partial charge in [-0.3, -0.25) is 9.59 Å². The number of allylic oxidation sites excluding steroid dienone is 2. The van der Waals surface area contributed by atoms with E-state index in [-0.39, 0.29) is 23.1 Å².